The number of ether oxygens (including phenoxy) is 1. The van der Waals surface area contributed by atoms with Crippen LogP contribution in [0.5, 0.6) is 0 Å². The summed E-state index contributed by atoms with van der Waals surface area (Å²) in [6, 6.07) is 15.5. The number of sulfone groups is 1. The van der Waals surface area contributed by atoms with Gasteiger partial charge >= 0.3 is 0 Å². The van der Waals surface area contributed by atoms with Crippen molar-refractivity contribution >= 4 is 26.6 Å². The lowest BCUT2D eigenvalue weighted by Crippen LogP contribution is -2.43. The van der Waals surface area contributed by atoms with Crippen molar-refractivity contribution in [3.05, 3.63) is 71.7 Å². The van der Waals surface area contributed by atoms with Crippen molar-refractivity contribution in [1.29, 1.82) is 0 Å². The number of hydrogen-bond donors (Lipinski definition) is 0. The van der Waals surface area contributed by atoms with E-state index in [1.165, 1.54) is 6.07 Å². The van der Waals surface area contributed by atoms with Crippen LogP contribution in [0.3, 0.4) is 0 Å². The molecule has 0 N–H and O–H groups in total. The number of para-hydroxylation sites is 1. The number of aromatic nitrogens is 1. The number of rotatable bonds is 7. The highest BCUT2D eigenvalue weighted by Crippen LogP contribution is 2.26. The van der Waals surface area contributed by atoms with Gasteiger partial charge in [-0.15, -0.1) is 0 Å². The van der Waals surface area contributed by atoms with Crippen LogP contribution in [0.25, 0.3) is 10.9 Å². The van der Waals surface area contributed by atoms with Gasteiger partial charge in [-0.3, -0.25) is 4.79 Å². The van der Waals surface area contributed by atoms with Gasteiger partial charge in [-0.1, -0.05) is 36.4 Å². The van der Waals surface area contributed by atoms with Gasteiger partial charge in [0.25, 0.3) is 5.91 Å². The molecule has 0 aliphatic carbocycles. The second-order valence-corrected chi connectivity index (χ2v) is 10.0. The molecule has 1 aliphatic heterocycles. The predicted octanol–water partition coefficient (Wildman–Crippen LogP) is 3.10. The van der Waals surface area contributed by atoms with Crippen molar-refractivity contribution < 1.29 is 22.3 Å². The largest absolute Gasteiger partial charge is 0.383 e. The predicted molar refractivity (Wildman–Crippen MR) is 117 cm³/mol. The summed E-state index contributed by atoms with van der Waals surface area (Å²) in [5, 5.41) is 0.868. The van der Waals surface area contributed by atoms with Crippen LogP contribution < -0.4 is 0 Å². The molecule has 1 aliphatic rings. The molecule has 0 spiro atoms. The third-order valence-electron chi connectivity index (χ3n) is 5.76. The first kappa shape index (κ1) is 21.5. The lowest BCUT2D eigenvalue weighted by Gasteiger charge is -2.28. The average molecular weight is 445 g/mol. The molecule has 0 radical (unpaired) electrons. The van der Waals surface area contributed by atoms with E-state index in [9.17, 15) is 17.6 Å². The minimum Gasteiger partial charge on any atom is -0.383 e. The summed E-state index contributed by atoms with van der Waals surface area (Å²) >= 11 is 0. The molecule has 164 valence electrons. The van der Waals surface area contributed by atoms with Crippen LogP contribution in [0, 0.1) is 5.82 Å². The van der Waals surface area contributed by atoms with Crippen LogP contribution in [0.15, 0.2) is 54.6 Å². The summed E-state index contributed by atoms with van der Waals surface area (Å²) in [6.45, 7) is 0.787. The number of fused-ring (bicyclic) bond motifs is 1. The van der Waals surface area contributed by atoms with Crippen LogP contribution in [0.4, 0.5) is 4.39 Å². The summed E-state index contributed by atoms with van der Waals surface area (Å²) in [5.74, 6) is -0.577. The number of carbonyl (C=O) groups is 1. The van der Waals surface area contributed by atoms with Gasteiger partial charge in [0, 0.05) is 36.2 Å². The topological polar surface area (TPSA) is 68.6 Å². The van der Waals surface area contributed by atoms with E-state index in [1.807, 2.05) is 24.3 Å². The summed E-state index contributed by atoms with van der Waals surface area (Å²) < 4.78 is 45.5. The molecule has 0 bridgehead atoms. The first-order chi connectivity index (χ1) is 14.9. The van der Waals surface area contributed by atoms with Crippen molar-refractivity contribution in [3.8, 4) is 0 Å². The molecular formula is C23H25FN2O4S. The molecule has 8 heteroatoms. The number of nitrogens with zero attached hydrogens (tertiary/aromatic N) is 2. The lowest BCUT2D eigenvalue weighted by atomic mass is 10.2. The molecule has 6 nitrogen and oxygen atoms in total. The van der Waals surface area contributed by atoms with E-state index in [0.29, 0.717) is 24.3 Å². The van der Waals surface area contributed by atoms with Gasteiger partial charge < -0.3 is 14.2 Å². The van der Waals surface area contributed by atoms with E-state index in [2.05, 4.69) is 0 Å². The number of benzene rings is 2. The third-order valence-corrected chi connectivity index (χ3v) is 7.51. The van der Waals surface area contributed by atoms with Gasteiger partial charge in [-0.2, -0.15) is 0 Å². The van der Waals surface area contributed by atoms with E-state index in [0.717, 1.165) is 10.9 Å². The van der Waals surface area contributed by atoms with Gasteiger partial charge in [0.2, 0.25) is 0 Å². The van der Waals surface area contributed by atoms with Crippen molar-refractivity contribution in [1.82, 2.24) is 9.47 Å². The van der Waals surface area contributed by atoms with Crippen LogP contribution >= 0.6 is 0 Å². The fourth-order valence-corrected chi connectivity index (χ4v) is 5.89. The number of methoxy groups -OCH3 is 1. The Morgan fingerprint density at radius 3 is 2.65 bits per heavy atom. The van der Waals surface area contributed by atoms with Crippen LogP contribution in [0.1, 0.15) is 22.5 Å². The Morgan fingerprint density at radius 2 is 1.94 bits per heavy atom. The van der Waals surface area contributed by atoms with Crippen LogP contribution in [-0.4, -0.2) is 61.6 Å². The number of amides is 1. The van der Waals surface area contributed by atoms with Crippen molar-refractivity contribution in [2.75, 3.05) is 31.8 Å². The molecular weight excluding hydrogens is 419 g/mol. The summed E-state index contributed by atoms with van der Waals surface area (Å²) in [5.41, 5.74) is 1.70. The second-order valence-electron chi connectivity index (χ2n) is 7.81. The fraction of sp³-hybridized carbons (Fsp3) is 0.348. The second kappa shape index (κ2) is 8.80. The van der Waals surface area contributed by atoms with Gasteiger partial charge in [0.15, 0.2) is 9.84 Å². The molecule has 4 rings (SSSR count). The quantitative estimate of drug-likeness (QED) is 0.562. The molecule has 2 heterocycles. The normalized spacial score (nSPS) is 17.8. The molecule has 3 aromatic rings. The maximum absolute atomic E-state index is 14.4. The maximum atomic E-state index is 14.4. The average Bonchev–Trinajstić information content (AvgIpc) is 3.30. The summed E-state index contributed by atoms with van der Waals surface area (Å²) in [4.78, 5) is 15.3. The molecule has 2 aromatic carbocycles. The summed E-state index contributed by atoms with van der Waals surface area (Å²) in [6.07, 6.45) is 0.408. The molecule has 1 unspecified atom stereocenters. The van der Waals surface area contributed by atoms with E-state index in [1.54, 1.807) is 40.8 Å². The molecule has 1 saturated heterocycles. The first-order valence-electron chi connectivity index (χ1n) is 10.2. The molecule has 1 atom stereocenters. The Hall–Kier alpha value is -2.71. The molecule has 1 aromatic heterocycles. The number of halogens is 1. The van der Waals surface area contributed by atoms with Crippen LogP contribution in [0.2, 0.25) is 0 Å². The van der Waals surface area contributed by atoms with Crippen molar-refractivity contribution in [2.45, 2.75) is 19.0 Å². The Kier molecular flexibility index (Phi) is 6.11. The highest BCUT2D eigenvalue weighted by atomic mass is 32.2. The van der Waals surface area contributed by atoms with E-state index < -0.39 is 15.9 Å². The zero-order valence-corrected chi connectivity index (χ0v) is 18.1. The standard InChI is InChI=1S/C23H25FN2O4S/c1-30-12-11-25(19-10-13-31(28,29)16-19)23(27)22-14-17-6-3-5-9-21(17)26(22)15-18-7-2-4-8-20(18)24/h2-9,14,19H,10-13,15-16H2,1H3. The Morgan fingerprint density at radius 1 is 1.19 bits per heavy atom. The fourth-order valence-electron chi connectivity index (χ4n) is 4.16. The third kappa shape index (κ3) is 4.50. The Bertz CT molecular complexity index is 1210. The van der Waals surface area contributed by atoms with E-state index >= 15 is 0 Å². The Balaban J connectivity index is 1.76. The van der Waals surface area contributed by atoms with Crippen LogP contribution in [-0.2, 0) is 21.1 Å². The van der Waals surface area contributed by atoms with Gasteiger partial charge in [0.1, 0.15) is 11.5 Å². The summed E-state index contributed by atoms with van der Waals surface area (Å²) in [7, 11) is -1.62. The molecule has 1 fully saturated rings. The highest BCUT2D eigenvalue weighted by Gasteiger charge is 2.36. The van der Waals surface area contributed by atoms with Crippen molar-refractivity contribution in [3.63, 3.8) is 0 Å². The van der Waals surface area contributed by atoms with E-state index in [-0.39, 0.29) is 36.3 Å². The van der Waals surface area contributed by atoms with Gasteiger partial charge in [-0.25, -0.2) is 12.8 Å². The SMILES string of the molecule is COCCN(C(=O)c1cc2ccccc2n1Cc1ccccc1F)C1CCS(=O)(=O)C1. The first-order valence-corrected chi connectivity index (χ1v) is 12.0. The molecule has 1 amide bonds. The minimum absolute atomic E-state index is 0.0456. The highest BCUT2D eigenvalue weighted by molar-refractivity contribution is 7.91. The molecule has 31 heavy (non-hydrogen) atoms. The van der Waals surface area contributed by atoms with Gasteiger partial charge in [0.05, 0.1) is 24.7 Å². The molecule has 0 saturated carbocycles. The zero-order valence-electron chi connectivity index (χ0n) is 17.3. The monoisotopic (exact) mass is 444 g/mol. The number of carbonyl (C=O) groups excluding carboxylic acids is 1. The van der Waals surface area contributed by atoms with E-state index in [4.69, 9.17) is 4.74 Å². The minimum atomic E-state index is -3.16. The van der Waals surface area contributed by atoms with Crippen molar-refractivity contribution in [2.24, 2.45) is 0 Å². The Labute approximate surface area is 181 Å². The smallest absolute Gasteiger partial charge is 0.270 e. The van der Waals surface area contributed by atoms with Gasteiger partial charge in [-0.05, 0) is 24.6 Å². The lowest BCUT2D eigenvalue weighted by molar-refractivity contribution is 0.0614. The maximum Gasteiger partial charge on any atom is 0.270 e. The number of hydrogen-bond acceptors (Lipinski definition) is 4. The zero-order chi connectivity index (χ0) is 22.0.